The second kappa shape index (κ2) is 7.70. The number of aryl methyl sites for hydroxylation is 1. The van der Waals surface area contributed by atoms with E-state index in [0.29, 0.717) is 29.2 Å². The van der Waals surface area contributed by atoms with Gasteiger partial charge in [0.05, 0.1) is 6.61 Å². The van der Waals surface area contributed by atoms with Gasteiger partial charge in [-0.15, -0.1) is 0 Å². The van der Waals surface area contributed by atoms with E-state index in [4.69, 9.17) is 9.47 Å². The zero-order valence-electron chi connectivity index (χ0n) is 14.7. The molecule has 3 rings (SSSR count). The predicted octanol–water partition coefficient (Wildman–Crippen LogP) is 4.26. The van der Waals surface area contributed by atoms with Crippen LogP contribution in [0.1, 0.15) is 54.4 Å². The molecule has 2 aromatic rings. The molecule has 0 spiro atoms. The van der Waals surface area contributed by atoms with Crippen LogP contribution in [0.25, 0.3) is 0 Å². The zero-order chi connectivity index (χ0) is 17.8. The van der Waals surface area contributed by atoms with Crippen molar-refractivity contribution in [2.45, 2.75) is 52.2 Å². The van der Waals surface area contributed by atoms with Crippen molar-refractivity contribution >= 4 is 5.97 Å². The minimum atomic E-state index is -0.301. The number of rotatable bonds is 7. The molecule has 4 nitrogen and oxygen atoms in total. The maximum absolute atomic E-state index is 11.7. The average molecular weight is 340 g/mol. The average Bonchev–Trinajstić information content (AvgIpc) is 3.46. The van der Waals surface area contributed by atoms with Gasteiger partial charge in [0.25, 0.3) is 0 Å². The Kier molecular flexibility index (Phi) is 5.39. The lowest BCUT2D eigenvalue weighted by Gasteiger charge is -2.16. The fourth-order valence-electron chi connectivity index (χ4n) is 2.88. The number of carbonyl (C=O) groups excluding carboxylic acids is 1. The third-order valence-electron chi connectivity index (χ3n) is 4.47. The molecule has 0 aromatic heterocycles. The van der Waals surface area contributed by atoms with Crippen LogP contribution >= 0.6 is 0 Å². The lowest BCUT2D eigenvalue weighted by molar-refractivity contribution is -0.134. The normalized spacial score (nSPS) is 13.6. The number of ether oxygens (including phenoxy) is 2. The van der Waals surface area contributed by atoms with E-state index in [1.807, 2.05) is 18.2 Å². The van der Waals surface area contributed by atoms with Gasteiger partial charge in [-0.2, -0.15) is 0 Å². The molecule has 1 aliphatic carbocycles. The Balaban J connectivity index is 1.84. The van der Waals surface area contributed by atoms with E-state index < -0.39 is 0 Å². The maximum atomic E-state index is 11.7. The second-order valence-corrected chi connectivity index (χ2v) is 6.48. The van der Waals surface area contributed by atoms with Crippen LogP contribution < -0.4 is 9.47 Å². The molecule has 2 aromatic carbocycles. The third-order valence-corrected chi connectivity index (χ3v) is 4.47. The number of benzene rings is 2. The molecule has 0 bridgehead atoms. The summed E-state index contributed by atoms with van der Waals surface area (Å²) in [5.41, 5.74) is 3.90. The standard InChI is InChI=1S/C21H24O4/c1-3-21(23)25-20-6-4-5-16(12-22)18(20)13-24-19-10-7-14(2)11-17(19)15-8-9-15/h4-7,10-11,15,22H,3,8-9,12-13H2,1-2H3. The highest BCUT2D eigenvalue weighted by molar-refractivity contribution is 5.72. The number of aliphatic hydroxyl groups is 1. The van der Waals surface area contributed by atoms with Gasteiger partial charge in [0.1, 0.15) is 18.1 Å². The molecule has 4 heteroatoms. The van der Waals surface area contributed by atoms with Crippen LogP contribution in [0.4, 0.5) is 0 Å². The first-order valence-corrected chi connectivity index (χ1v) is 8.78. The monoisotopic (exact) mass is 340 g/mol. The van der Waals surface area contributed by atoms with Gasteiger partial charge in [-0.1, -0.05) is 36.8 Å². The minimum Gasteiger partial charge on any atom is -0.488 e. The number of hydrogen-bond acceptors (Lipinski definition) is 4. The van der Waals surface area contributed by atoms with E-state index in [-0.39, 0.29) is 19.2 Å². The smallest absolute Gasteiger partial charge is 0.310 e. The molecule has 1 fully saturated rings. The topological polar surface area (TPSA) is 55.8 Å². The molecule has 0 unspecified atom stereocenters. The number of hydrogen-bond donors (Lipinski definition) is 1. The van der Waals surface area contributed by atoms with E-state index in [0.717, 1.165) is 5.75 Å². The molecule has 132 valence electrons. The Labute approximate surface area is 148 Å². The molecular formula is C21H24O4. The summed E-state index contributed by atoms with van der Waals surface area (Å²) in [4.78, 5) is 11.7. The third kappa shape index (κ3) is 4.20. The van der Waals surface area contributed by atoms with Crippen LogP contribution in [0.15, 0.2) is 36.4 Å². The van der Waals surface area contributed by atoms with Gasteiger partial charge < -0.3 is 14.6 Å². The van der Waals surface area contributed by atoms with Crippen LogP contribution in [0.3, 0.4) is 0 Å². The van der Waals surface area contributed by atoms with Crippen LogP contribution in [0.5, 0.6) is 11.5 Å². The summed E-state index contributed by atoms with van der Waals surface area (Å²) in [5.74, 6) is 1.61. The lowest BCUT2D eigenvalue weighted by Crippen LogP contribution is -2.10. The fourth-order valence-corrected chi connectivity index (χ4v) is 2.88. The molecule has 1 aliphatic rings. The summed E-state index contributed by atoms with van der Waals surface area (Å²) in [6.45, 7) is 3.97. The Bertz CT molecular complexity index is 762. The summed E-state index contributed by atoms with van der Waals surface area (Å²) >= 11 is 0. The van der Waals surface area contributed by atoms with Gasteiger partial charge >= 0.3 is 5.97 Å². The predicted molar refractivity (Wildman–Crippen MR) is 95.8 cm³/mol. The van der Waals surface area contributed by atoms with Crippen LogP contribution in [-0.4, -0.2) is 11.1 Å². The highest BCUT2D eigenvalue weighted by atomic mass is 16.5. The molecule has 0 atom stereocenters. The highest BCUT2D eigenvalue weighted by Gasteiger charge is 2.27. The Morgan fingerprint density at radius 2 is 2.00 bits per heavy atom. The van der Waals surface area contributed by atoms with Crippen molar-refractivity contribution in [3.05, 3.63) is 58.7 Å². The molecule has 0 heterocycles. The first-order chi connectivity index (χ1) is 12.1. The quantitative estimate of drug-likeness (QED) is 0.604. The van der Waals surface area contributed by atoms with E-state index in [2.05, 4.69) is 13.0 Å². The van der Waals surface area contributed by atoms with E-state index in [1.54, 1.807) is 19.1 Å². The first kappa shape index (κ1) is 17.5. The Morgan fingerprint density at radius 3 is 2.68 bits per heavy atom. The van der Waals surface area contributed by atoms with Crippen molar-refractivity contribution in [3.8, 4) is 11.5 Å². The van der Waals surface area contributed by atoms with Crippen LogP contribution in [-0.2, 0) is 18.0 Å². The van der Waals surface area contributed by atoms with Crippen molar-refractivity contribution in [2.24, 2.45) is 0 Å². The first-order valence-electron chi connectivity index (χ1n) is 8.78. The summed E-state index contributed by atoms with van der Waals surface area (Å²) in [7, 11) is 0. The molecule has 1 saturated carbocycles. The van der Waals surface area contributed by atoms with Crippen LogP contribution in [0, 0.1) is 6.92 Å². The molecule has 0 radical (unpaired) electrons. The van der Waals surface area contributed by atoms with Crippen molar-refractivity contribution < 1.29 is 19.4 Å². The highest BCUT2D eigenvalue weighted by Crippen LogP contribution is 2.44. The van der Waals surface area contributed by atoms with Crippen molar-refractivity contribution in [1.82, 2.24) is 0 Å². The SMILES string of the molecule is CCC(=O)Oc1cccc(CO)c1COc1ccc(C)cc1C1CC1. The molecule has 1 N–H and O–H groups in total. The van der Waals surface area contributed by atoms with E-state index in [9.17, 15) is 9.90 Å². The Hall–Kier alpha value is -2.33. The second-order valence-electron chi connectivity index (χ2n) is 6.48. The number of aliphatic hydroxyl groups excluding tert-OH is 1. The van der Waals surface area contributed by atoms with Gasteiger partial charge in [-0.3, -0.25) is 4.79 Å². The molecule has 0 aliphatic heterocycles. The van der Waals surface area contributed by atoms with Crippen molar-refractivity contribution in [3.63, 3.8) is 0 Å². The molecule has 0 amide bonds. The van der Waals surface area contributed by atoms with Gasteiger partial charge in [0.15, 0.2) is 0 Å². The van der Waals surface area contributed by atoms with Gasteiger partial charge in [-0.25, -0.2) is 0 Å². The van der Waals surface area contributed by atoms with Gasteiger partial charge in [-0.05, 0) is 48.9 Å². The number of esters is 1. The summed E-state index contributed by atoms with van der Waals surface area (Å²) in [5, 5.41) is 9.62. The lowest BCUT2D eigenvalue weighted by atomic mass is 10.1. The van der Waals surface area contributed by atoms with Gasteiger partial charge in [0.2, 0.25) is 0 Å². The summed E-state index contributed by atoms with van der Waals surface area (Å²) < 4.78 is 11.5. The van der Waals surface area contributed by atoms with Crippen LogP contribution in [0.2, 0.25) is 0 Å². The van der Waals surface area contributed by atoms with Crippen molar-refractivity contribution in [1.29, 1.82) is 0 Å². The molecular weight excluding hydrogens is 316 g/mol. The zero-order valence-corrected chi connectivity index (χ0v) is 14.7. The summed E-state index contributed by atoms with van der Waals surface area (Å²) in [6, 6.07) is 11.6. The van der Waals surface area contributed by atoms with Crippen molar-refractivity contribution in [2.75, 3.05) is 0 Å². The van der Waals surface area contributed by atoms with Gasteiger partial charge in [0, 0.05) is 12.0 Å². The fraction of sp³-hybridized carbons (Fsp3) is 0.381. The maximum Gasteiger partial charge on any atom is 0.310 e. The van der Waals surface area contributed by atoms with E-state index >= 15 is 0 Å². The van der Waals surface area contributed by atoms with E-state index in [1.165, 1.54) is 24.0 Å². The number of carbonyl (C=O) groups is 1. The summed E-state index contributed by atoms with van der Waals surface area (Å²) in [6.07, 6.45) is 2.70. The molecule has 0 saturated heterocycles. The molecule has 25 heavy (non-hydrogen) atoms. The minimum absolute atomic E-state index is 0.125. The Morgan fingerprint density at radius 1 is 1.20 bits per heavy atom. The largest absolute Gasteiger partial charge is 0.488 e.